The van der Waals surface area contributed by atoms with Crippen molar-refractivity contribution in [1.29, 1.82) is 0 Å². The summed E-state index contributed by atoms with van der Waals surface area (Å²) in [5.74, 6) is -6.66. The summed E-state index contributed by atoms with van der Waals surface area (Å²) in [7, 11) is 0. The molecular weight excluding hydrogens is 640 g/mol. The van der Waals surface area contributed by atoms with Crippen molar-refractivity contribution in [2.75, 3.05) is 19.8 Å². The van der Waals surface area contributed by atoms with E-state index in [1.165, 1.54) is 6.92 Å². The maximum Gasteiger partial charge on any atom is 0.229 e. The first-order valence-corrected chi connectivity index (χ1v) is 14.2. The number of rotatable bonds is 9. The Morgan fingerprint density at radius 2 is 1.07 bits per heavy atom. The second kappa shape index (κ2) is 14.5. The van der Waals surface area contributed by atoms with Crippen LogP contribution in [0.1, 0.15) is 6.92 Å². The maximum absolute atomic E-state index is 11.7. The highest BCUT2D eigenvalue weighted by atomic mass is 16.8. The van der Waals surface area contributed by atoms with E-state index in [1.54, 1.807) is 0 Å². The van der Waals surface area contributed by atoms with Crippen molar-refractivity contribution in [3.63, 3.8) is 0 Å². The molecule has 15 N–H and O–H groups in total. The highest BCUT2D eigenvalue weighted by Crippen LogP contribution is 2.41. The summed E-state index contributed by atoms with van der Waals surface area (Å²) >= 11 is 0. The van der Waals surface area contributed by atoms with Crippen LogP contribution in [0.3, 0.4) is 0 Å². The van der Waals surface area contributed by atoms with Crippen LogP contribution in [0.2, 0.25) is 0 Å². The normalized spacial score (nSPS) is 55.3. The Hall–Kier alpha value is -0.880. The van der Waals surface area contributed by atoms with Gasteiger partial charge >= 0.3 is 0 Å². The summed E-state index contributed by atoms with van der Waals surface area (Å²) in [5, 5.41) is 156. The summed E-state index contributed by atoms with van der Waals surface area (Å²) in [4.78, 5) is 0. The number of hydrogen-bond acceptors (Lipinski definition) is 22. The molecule has 4 saturated heterocycles. The van der Waals surface area contributed by atoms with Gasteiger partial charge in [-0.05, 0) is 6.92 Å². The highest BCUT2D eigenvalue weighted by Gasteiger charge is 2.65. The van der Waals surface area contributed by atoms with E-state index in [-0.39, 0.29) is 0 Å². The van der Waals surface area contributed by atoms with Crippen LogP contribution in [0.4, 0.5) is 0 Å². The number of aliphatic hydroxyl groups excluding tert-OH is 13. The van der Waals surface area contributed by atoms with Crippen molar-refractivity contribution in [3.05, 3.63) is 0 Å². The first kappa shape index (κ1) is 37.9. The third-order valence-electron chi connectivity index (χ3n) is 8.43. The van der Waals surface area contributed by atoms with Crippen molar-refractivity contribution in [2.45, 2.75) is 129 Å². The number of aliphatic hydroxyl groups is 15. The van der Waals surface area contributed by atoms with Gasteiger partial charge in [0.2, 0.25) is 11.6 Å². The first-order valence-electron chi connectivity index (χ1n) is 14.2. The van der Waals surface area contributed by atoms with Crippen LogP contribution in [0, 0.1) is 0 Å². The van der Waals surface area contributed by atoms with E-state index < -0.39 is 142 Å². The Labute approximate surface area is 259 Å². The van der Waals surface area contributed by atoms with Gasteiger partial charge in [-0.1, -0.05) is 0 Å². The Morgan fingerprint density at radius 1 is 0.522 bits per heavy atom. The maximum atomic E-state index is 11.7. The molecule has 46 heavy (non-hydrogen) atoms. The fourth-order valence-electron chi connectivity index (χ4n) is 5.56. The molecule has 4 fully saturated rings. The van der Waals surface area contributed by atoms with Gasteiger partial charge in [-0.25, -0.2) is 0 Å². The highest BCUT2D eigenvalue weighted by molar-refractivity contribution is 5.02. The quantitative estimate of drug-likeness (QED) is 0.100. The molecule has 4 aliphatic rings. The van der Waals surface area contributed by atoms with Crippen LogP contribution in [0.5, 0.6) is 0 Å². The first-order chi connectivity index (χ1) is 21.5. The smallest absolute Gasteiger partial charge is 0.229 e. The van der Waals surface area contributed by atoms with Crippen molar-refractivity contribution >= 4 is 0 Å². The fourth-order valence-corrected chi connectivity index (χ4v) is 5.56. The zero-order chi connectivity index (χ0) is 34.5. The van der Waals surface area contributed by atoms with Crippen LogP contribution in [-0.2, 0) is 33.2 Å². The van der Waals surface area contributed by atoms with Gasteiger partial charge in [0.25, 0.3) is 0 Å². The predicted octanol–water partition coefficient (Wildman–Crippen LogP) is -10.1. The summed E-state index contributed by atoms with van der Waals surface area (Å²) < 4.78 is 36.9. The molecule has 0 amide bonds. The van der Waals surface area contributed by atoms with E-state index in [9.17, 15) is 76.6 Å². The predicted molar refractivity (Wildman–Crippen MR) is 135 cm³/mol. The van der Waals surface area contributed by atoms with E-state index in [0.29, 0.717) is 0 Å². The molecule has 0 aromatic carbocycles. The number of hydrogen-bond donors (Lipinski definition) is 15. The Kier molecular flexibility index (Phi) is 12.0. The van der Waals surface area contributed by atoms with Crippen LogP contribution in [0.25, 0.3) is 0 Å². The molecule has 4 rings (SSSR count). The third-order valence-corrected chi connectivity index (χ3v) is 8.43. The van der Waals surface area contributed by atoms with Gasteiger partial charge < -0.3 is 110 Å². The lowest BCUT2D eigenvalue weighted by atomic mass is 9.91. The minimum absolute atomic E-state index is 0.929. The summed E-state index contributed by atoms with van der Waals surface area (Å²) in [6.45, 7) is -2.02. The molecule has 4 heterocycles. The van der Waals surface area contributed by atoms with Crippen molar-refractivity contribution in [2.24, 2.45) is 0 Å². The van der Waals surface area contributed by atoms with E-state index in [0.717, 1.165) is 0 Å². The van der Waals surface area contributed by atoms with Gasteiger partial charge in [0, 0.05) is 0 Å². The van der Waals surface area contributed by atoms with Crippen molar-refractivity contribution in [3.8, 4) is 0 Å². The summed E-state index contributed by atoms with van der Waals surface area (Å²) in [6, 6.07) is 0. The topological polar surface area (TPSA) is 368 Å². The SMILES string of the molecule is C[C@@H]1O[C@@H](O[C@@H]2[C@@H](O)[C@H](O)O[C@H](CO)[C@]2(O)O[C@@H]2O[C@@H](CO)[C@@H](O)[C@](O)(O[C@H]3O[C@H](CO)[C@H](O)[C@H](O)[C@H]3O)[C@@H]2O)[C@@H](O)[C@H](O)[C@@H]1O. The third kappa shape index (κ3) is 6.67. The monoisotopic (exact) mass is 682 g/mol. The van der Waals surface area contributed by atoms with E-state index >= 15 is 0 Å². The molecular formula is C24H42O22. The summed E-state index contributed by atoms with van der Waals surface area (Å²) in [5.41, 5.74) is 0. The lowest BCUT2D eigenvalue weighted by Gasteiger charge is -2.54. The molecule has 270 valence electrons. The van der Waals surface area contributed by atoms with Gasteiger partial charge in [0.1, 0.15) is 73.2 Å². The second-order valence-electron chi connectivity index (χ2n) is 11.5. The molecule has 0 aliphatic carbocycles. The Balaban J connectivity index is 1.65. The van der Waals surface area contributed by atoms with Crippen LogP contribution in [-0.4, -0.2) is 219 Å². The Morgan fingerprint density at radius 3 is 1.65 bits per heavy atom. The van der Waals surface area contributed by atoms with Crippen LogP contribution >= 0.6 is 0 Å². The van der Waals surface area contributed by atoms with E-state index in [2.05, 4.69) is 0 Å². The minimum atomic E-state index is -3.39. The standard InChI is InChI=1S/C24H42O22/c1-5-9(28)11(30)13(32)20(40-5)44-18-15(34)19(37)43-8(4-27)23(18,38)46-22-17(36)24(39,16(35)7(3-26)42-22)45-21-14(33)12(31)10(29)6(2-25)41-21/h5-22,25-39H,2-4H2,1H3/t5-,6+,7-,8+,9+,10-,11+,12-,13-,14+,15+,16+,17+,18+,19+,20-,21+,22-,23-,24-/m0/s1. The zero-order valence-electron chi connectivity index (χ0n) is 24.1. The molecule has 0 aromatic rings. The van der Waals surface area contributed by atoms with Crippen molar-refractivity contribution < 1.29 is 110 Å². The average molecular weight is 683 g/mol. The van der Waals surface area contributed by atoms with Gasteiger partial charge in [-0.2, -0.15) is 0 Å². The number of ether oxygens (including phenoxy) is 7. The van der Waals surface area contributed by atoms with E-state index in [4.69, 9.17) is 33.2 Å². The molecule has 0 radical (unpaired) electrons. The lowest BCUT2D eigenvalue weighted by molar-refractivity contribution is -0.483. The lowest BCUT2D eigenvalue weighted by Crippen LogP contribution is -2.75. The molecule has 20 atom stereocenters. The van der Waals surface area contributed by atoms with E-state index in [1.807, 2.05) is 0 Å². The van der Waals surface area contributed by atoms with Gasteiger partial charge in [0.15, 0.2) is 31.3 Å². The minimum Gasteiger partial charge on any atom is -0.394 e. The molecule has 4 aliphatic heterocycles. The van der Waals surface area contributed by atoms with Gasteiger partial charge in [-0.15, -0.1) is 0 Å². The molecule has 0 saturated carbocycles. The largest absolute Gasteiger partial charge is 0.394 e. The molecule has 22 heteroatoms. The molecule has 0 aromatic heterocycles. The summed E-state index contributed by atoms with van der Waals surface area (Å²) in [6.07, 6.45) is -37.0. The average Bonchev–Trinajstić information content (AvgIpc) is 3.03. The molecule has 0 spiro atoms. The van der Waals surface area contributed by atoms with Gasteiger partial charge in [-0.3, -0.25) is 0 Å². The molecule has 0 bridgehead atoms. The van der Waals surface area contributed by atoms with Crippen LogP contribution in [0.15, 0.2) is 0 Å². The Bertz CT molecular complexity index is 994. The van der Waals surface area contributed by atoms with Crippen LogP contribution < -0.4 is 0 Å². The van der Waals surface area contributed by atoms with Gasteiger partial charge in [0.05, 0.1) is 25.9 Å². The van der Waals surface area contributed by atoms with Crippen molar-refractivity contribution in [1.82, 2.24) is 0 Å². The molecule has 22 nitrogen and oxygen atoms in total. The molecule has 0 unspecified atom stereocenters. The fraction of sp³-hybridized carbons (Fsp3) is 1.00. The zero-order valence-corrected chi connectivity index (χ0v) is 24.1. The second-order valence-corrected chi connectivity index (χ2v) is 11.5.